The van der Waals surface area contributed by atoms with Crippen molar-refractivity contribution in [3.63, 3.8) is 0 Å². The van der Waals surface area contributed by atoms with Gasteiger partial charge in [-0.3, -0.25) is 0 Å². The highest BCUT2D eigenvalue weighted by Crippen LogP contribution is 2.39. The lowest BCUT2D eigenvalue weighted by Gasteiger charge is -2.25. The maximum absolute atomic E-state index is 11.1. The first-order valence-corrected chi connectivity index (χ1v) is 8.47. The number of hydrogen-bond donors (Lipinski definition) is 5. The fourth-order valence-corrected chi connectivity index (χ4v) is 2.95. The van der Waals surface area contributed by atoms with Crippen LogP contribution in [0, 0.1) is 0 Å². The van der Waals surface area contributed by atoms with Crippen molar-refractivity contribution in [2.75, 3.05) is 0 Å². The fraction of sp³-hybridized carbons (Fsp3) is 0.267. The first kappa shape index (κ1) is 17.4. The van der Waals surface area contributed by atoms with E-state index in [2.05, 4.69) is 4.76 Å². The first-order chi connectivity index (χ1) is 10.7. The van der Waals surface area contributed by atoms with Gasteiger partial charge in [0.2, 0.25) is 0 Å². The molecule has 0 aliphatic heterocycles. The number of aliphatic hydroxyl groups excluding tert-OH is 2. The molecular weight excluding hydrogens is 321 g/mol. The van der Waals surface area contributed by atoms with Crippen LogP contribution in [0.4, 0.5) is 0 Å². The summed E-state index contributed by atoms with van der Waals surface area (Å²) in [6, 6.07) is 6.28. The van der Waals surface area contributed by atoms with Gasteiger partial charge >= 0.3 is 7.75 Å². The number of allylic oxidation sites excluding steroid dienone is 2. The van der Waals surface area contributed by atoms with Crippen LogP contribution in [0.15, 0.2) is 52.5 Å². The first-order valence-electron chi connectivity index (χ1n) is 6.90. The Labute approximate surface area is 133 Å². The number of phenols is 1. The SMILES string of the molecule is CC(c1cccc(O)c1)C(O)C1=C(O)C=CCC1=NP(=O)(O)O. The number of nitrogens with zero attached hydrogens (tertiary/aromatic N) is 1. The summed E-state index contributed by atoms with van der Waals surface area (Å²) in [4.78, 5) is 18.1. The molecule has 8 heteroatoms. The predicted octanol–water partition coefficient (Wildman–Crippen LogP) is 2.16. The molecule has 2 rings (SSSR count). The molecule has 0 bridgehead atoms. The second kappa shape index (κ2) is 6.68. The predicted molar refractivity (Wildman–Crippen MR) is 85.4 cm³/mol. The van der Waals surface area contributed by atoms with Crippen molar-refractivity contribution < 1.29 is 29.7 Å². The van der Waals surface area contributed by atoms with Crippen LogP contribution in [0.2, 0.25) is 0 Å². The highest BCUT2D eigenvalue weighted by atomic mass is 31.2. The Morgan fingerprint density at radius 2 is 1.96 bits per heavy atom. The molecule has 0 radical (unpaired) electrons. The van der Waals surface area contributed by atoms with Gasteiger partial charge in [-0.1, -0.05) is 25.1 Å². The third-order valence-electron chi connectivity index (χ3n) is 3.59. The van der Waals surface area contributed by atoms with Crippen LogP contribution in [0.1, 0.15) is 24.8 Å². The van der Waals surface area contributed by atoms with Crippen molar-refractivity contribution in [3.05, 3.63) is 53.3 Å². The molecule has 7 nitrogen and oxygen atoms in total. The summed E-state index contributed by atoms with van der Waals surface area (Å²) in [5, 5.41) is 30.1. The monoisotopic (exact) mass is 339 g/mol. The quantitative estimate of drug-likeness (QED) is 0.534. The molecule has 2 unspecified atom stereocenters. The van der Waals surface area contributed by atoms with Crippen LogP contribution in [-0.4, -0.2) is 36.9 Å². The van der Waals surface area contributed by atoms with Crippen molar-refractivity contribution in [1.29, 1.82) is 0 Å². The lowest BCUT2D eigenvalue weighted by Crippen LogP contribution is -2.26. The van der Waals surface area contributed by atoms with E-state index in [9.17, 15) is 19.9 Å². The van der Waals surface area contributed by atoms with Gasteiger partial charge in [0.05, 0.1) is 11.8 Å². The summed E-state index contributed by atoms with van der Waals surface area (Å²) in [7, 11) is -4.69. The van der Waals surface area contributed by atoms with Gasteiger partial charge in [0, 0.05) is 17.9 Å². The molecule has 0 fully saturated rings. The molecule has 1 aliphatic rings. The molecule has 0 heterocycles. The Hall–Kier alpha value is -1.92. The standard InChI is InChI=1S/C15H18NO6P/c1-9(10-4-2-5-11(17)8-10)15(19)14-12(16-23(20,21)22)6-3-7-13(14)18/h2-5,7-9,15,17-19H,6H2,1H3,(H2,20,21,22). The molecule has 0 amide bonds. The molecule has 0 saturated heterocycles. The Morgan fingerprint density at radius 3 is 2.57 bits per heavy atom. The minimum absolute atomic E-state index is 0.0216. The molecule has 2 atom stereocenters. The molecule has 0 saturated carbocycles. The highest BCUT2D eigenvalue weighted by Gasteiger charge is 2.29. The summed E-state index contributed by atoms with van der Waals surface area (Å²) in [6.07, 6.45) is 1.70. The van der Waals surface area contributed by atoms with E-state index in [4.69, 9.17) is 9.79 Å². The van der Waals surface area contributed by atoms with Crippen molar-refractivity contribution in [3.8, 4) is 5.75 Å². The number of hydrogen-bond acceptors (Lipinski definition) is 4. The summed E-state index contributed by atoms with van der Waals surface area (Å²) >= 11 is 0. The average Bonchev–Trinajstić information content (AvgIpc) is 2.44. The van der Waals surface area contributed by atoms with Crippen LogP contribution in [0.3, 0.4) is 0 Å². The van der Waals surface area contributed by atoms with E-state index in [0.29, 0.717) is 5.56 Å². The van der Waals surface area contributed by atoms with Crippen molar-refractivity contribution in [2.45, 2.75) is 25.4 Å². The second-order valence-corrected chi connectivity index (χ2v) is 6.52. The number of aliphatic hydroxyl groups is 2. The van der Waals surface area contributed by atoms with E-state index in [0.717, 1.165) is 0 Å². The highest BCUT2D eigenvalue weighted by molar-refractivity contribution is 7.50. The lowest BCUT2D eigenvalue weighted by atomic mass is 9.85. The molecule has 1 aromatic rings. The normalized spacial score (nSPS) is 19.9. The molecule has 1 aromatic carbocycles. The number of phenolic OH excluding ortho intramolecular Hbond substituents is 1. The van der Waals surface area contributed by atoms with Crippen LogP contribution in [-0.2, 0) is 4.57 Å². The lowest BCUT2D eigenvalue weighted by molar-refractivity contribution is 0.185. The molecule has 23 heavy (non-hydrogen) atoms. The zero-order chi connectivity index (χ0) is 17.2. The topological polar surface area (TPSA) is 131 Å². The van der Waals surface area contributed by atoms with Crippen LogP contribution < -0.4 is 0 Å². The molecular formula is C15H18NO6P. The van der Waals surface area contributed by atoms with Crippen LogP contribution in [0.25, 0.3) is 0 Å². The Morgan fingerprint density at radius 1 is 1.26 bits per heavy atom. The van der Waals surface area contributed by atoms with Crippen molar-refractivity contribution in [2.24, 2.45) is 4.76 Å². The van der Waals surface area contributed by atoms with Gasteiger partial charge in [-0.2, -0.15) is 4.76 Å². The van der Waals surface area contributed by atoms with Gasteiger partial charge in [-0.05, 0) is 23.8 Å². The molecule has 1 aliphatic carbocycles. The summed E-state index contributed by atoms with van der Waals surface area (Å²) in [5.41, 5.74) is 0.535. The summed E-state index contributed by atoms with van der Waals surface area (Å²) in [5.74, 6) is -0.789. The zero-order valence-electron chi connectivity index (χ0n) is 12.4. The van der Waals surface area contributed by atoms with E-state index in [1.807, 2.05) is 0 Å². The van der Waals surface area contributed by atoms with Gasteiger partial charge < -0.3 is 25.1 Å². The number of rotatable bonds is 4. The van der Waals surface area contributed by atoms with Crippen molar-refractivity contribution in [1.82, 2.24) is 0 Å². The molecule has 5 N–H and O–H groups in total. The molecule has 0 aromatic heterocycles. The van der Waals surface area contributed by atoms with E-state index in [1.165, 1.54) is 24.3 Å². The number of benzene rings is 1. The Bertz CT molecular complexity index is 733. The average molecular weight is 339 g/mol. The second-order valence-electron chi connectivity index (χ2n) is 5.29. The Kier molecular flexibility index (Phi) is 5.06. The minimum atomic E-state index is -4.69. The Balaban J connectivity index is 2.41. The van der Waals surface area contributed by atoms with E-state index in [-0.39, 0.29) is 29.2 Å². The van der Waals surface area contributed by atoms with Crippen molar-refractivity contribution >= 4 is 13.5 Å². The zero-order valence-corrected chi connectivity index (χ0v) is 13.3. The maximum atomic E-state index is 11.1. The molecule has 0 spiro atoms. The minimum Gasteiger partial charge on any atom is -0.508 e. The maximum Gasteiger partial charge on any atom is 0.448 e. The van der Waals surface area contributed by atoms with Crippen LogP contribution >= 0.6 is 7.75 Å². The van der Waals surface area contributed by atoms with Gasteiger partial charge in [0.15, 0.2) is 0 Å². The van der Waals surface area contributed by atoms with E-state index < -0.39 is 19.8 Å². The molecule has 124 valence electrons. The third kappa shape index (κ3) is 4.30. The smallest absolute Gasteiger partial charge is 0.448 e. The van der Waals surface area contributed by atoms with Gasteiger partial charge in [0.1, 0.15) is 11.5 Å². The summed E-state index contributed by atoms with van der Waals surface area (Å²) in [6.45, 7) is 1.67. The van der Waals surface area contributed by atoms with Gasteiger partial charge in [-0.15, -0.1) is 0 Å². The number of aromatic hydroxyl groups is 1. The van der Waals surface area contributed by atoms with Crippen LogP contribution in [0.5, 0.6) is 5.75 Å². The fourth-order valence-electron chi connectivity index (χ4n) is 2.44. The summed E-state index contributed by atoms with van der Waals surface area (Å²) < 4.78 is 14.4. The van der Waals surface area contributed by atoms with Gasteiger partial charge in [0.25, 0.3) is 0 Å². The third-order valence-corrected chi connectivity index (χ3v) is 4.09. The van der Waals surface area contributed by atoms with E-state index in [1.54, 1.807) is 19.1 Å². The van der Waals surface area contributed by atoms with E-state index >= 15 is 0 Å². The van der Waals surface area contributed by atoms with Gasteiger partial charge in [-0.25, -0.2) is 4.57 Å². The largest absolute Gasteiger partial charge is 0.508 e.